The Morgan fingerprint density at radius 2 is 0.842 bits per heavy atom. The third kappa shape index (κ3) is 8.96. The molecule has 0 unspecified atom stereocenters. The van der Waals surface area contributed by atoms with Crippen molar-refractivity contribution in [2.24, 2.45) is 10.8 Å². The smallest absolute Gasteiger partial charge is 0.138 e. The van der Waals surface area contributed by atoms with E-state index < -0.39 is 0 Å². The minimum absolute atomic E-state index is 0.195. The monoisotopic (exact) mass is 268 g/mol. The zero-order valence-electron chi connectivity index (χ0n) is 13.8. The molecule has 0 aromatic heterocycles. The van der Waals surface area contributed by atoms with Crippen molar-refractivity contribution in [3.05, 3.63) is 0 Å². The van der Waals surface area contributed by atoms with Gasteiger partial charge in [0.05, 0.1) is 0 Å². The summed E-state index contributed by atoms with van der Waals surface area (Å²) in [6, 6.07) is 0. The number of carbonyl (C=O) groups excluding carboxylic acids is 2. The van der Waals surface area contributed by atoms with Crippen LogP contribution in [0.5, 0.6) is 0 Å². The summed E-state index contributed by atoms with van der Waals surface area (Å²) in [5.41, 5.74) is -0.391. The van der Waals surface area contributed by atoms with Crippen LogP contribution in [-0.4, -0.2) is 11.6 Å². The lowest BCUT2D eigenvalue weighted by molar-refractivity contribution is -0.127. The number of unbranched alkanes of at least 4 members (excludes halogenated alkanes) is 4. The molecule has 0 rings (SSSR count). The van der Waals surface area contributed by atoms with Gasteiger partial charge in [-0.05, 0) is 12.8 Å². The maximum absolute atomic E-state index is 11.7. The topological polar surface area (TPSA) is 34.1 Å². The van der Waals surface area contributed by atoms with E-state index >= 15 is 0 Å². The van der Waals surface area contributed by atoms with Crippen LogP contribution >= 0.6 is 0 Å². The number of rotatable bonds is 8. The summed E-state index contributed by atoms with van der Waals surface area (Å²) >= 11 is 0. The molecule has 0 radical (unpaired) electrons. The van der Waals surface area contributed by atoms with Gasteiger partial charge in [-0.3, -0.25) is 9.59 Å². The fourth-order valence-corrected chi connectivity index (χ4v) is 1.85. The third-order valence-corrected chi connectivity index (χ3v) is 3.48. The van der Waals surface area contributed by atoms with Crippen molar-refractivity contribution < 1.29 is 9.59 Å². The normalized spacial score (nSPS) is 12.5. The Morgan fingerprint density at radius 3 is 1.11 bits per heavy atom. The molecule has 0 atom stereocenters. The summed E-state index contributed by atoms with van der Waals surface area (Å²) in [5, 5.41) is 0. The van der Waals surface area contributed by atoms with E-state index in [2.05, 4.69) is 0 Å². The number of ketones is 2. The van der Waals surface area contributed by atoms with Crippen molar-refractivity contribution in [2.75, 3.05) is 0 Å². The molecule has 19 heavy (non-hydrogen) atoms. The maximum Gasteiger partial charge on any atom is 0.138 e. The zero-order chi connectivity index (χ0) is 15.1. The molecule has 0 heterocycles. The van der Waals surface area contributed by atoms with Crippen LogP contribution in [0.25, 0.3) is 0 Å². The molecular weight excluding hydrogens is 236 g/mol. The largest absolute Gasteiger partial charge is 0.299 e. The molecule has 0 saturated heterocycles. The standard InChI is InChI=1S/C17H32O2/c1-16(2,3)14(18)12-10-8-7-9-11-13-15(19)17(4,5)6/h7-13H2,1-6H3. The average Bonchev–Trinajstić information content (AvgIpc) is 2.24. The van der Waals surface area contributed by atoms with E-state index in [1.807, 2.05) is 41.5 Å². The van der Waals surface area contributed by atoms with Crippen molar-refractivity contribution in [2.45, 2.75) is 86.5 Å². The zero-order valence-corrected chi connectivity index (χ0v) is 13.8. The lowest BCUT2D eigenvalue weighted by atomic mass is 9.87. The summed E-state index contributed by atoms with van der Waals surface area (Å²) in [4.78, 5) is 23.4. The average molecular weight is 268 g/mol. The molecule has 0 aliphatic heterocycles. The van der Waals surface area contributed by atoms with Gasteiger partial charge in [-0.15, -0.1) is 0 Å². The summed E-state index contributed by atoms with van der Waals surface area (Å²) in [7, 11) is 0. The summed E-state index contributed by atoms with van der Waals surface area (Å²) < 4.78 is 0. The van der Waals surface area contributed by atoms with Crippen molar-refractivity contribution in [3.63, 3.8) is 0 Å². The first-order chi connectivity index (χ1) is 8.55. The fourth-order valence-electron chi connectivity index (χ4n) is 1.85. The molecule has 112 valence electrons. The lowest BCUT2D eigenvalue weighted by Crippen LogP contribution is -2.19. The lowest BCUT2D eigenvalue weighted by Gasteiger charge is -2.16. The molecule has 0 spiro atoms. The van der Waals surface area contributed by atoms with Crippen molar-refractivity contribution >= 4 is 11.6 Å². The minimum atomic E-state index is -0.195. The number of hydrogen-bond acceptors (Lipinski definition) is 2. The molecule has 2 nitrogen and oxygen atoms in total. The molecule has 0 aliphatic rings. The van der Waals surface area contributed by atoms with Gasteiger partial charge >= 0.3 is 0 Å². The molecule has 0 amide bonds. The Kier molecular flexibility index (Phi) is 7.54. The van der Waals surface area contributed by atoms with Gasteiger partial charge in [-0.1, -0.05) is 60.8 Å². The molecule has 2 heteroatoms. The Bertz CT molecular complexity index is 259. The van der Waals surface area contributed by atoms with Gasteiger partial charge in [-0.2, -0.15) is 0 Å². The Labute approximate surface area is 119 Å². The van der Waals surface area contributed by atoms with Crippen LogP contribution in [0.3, 0.4) is 0 Å². The fraction of sp³-hybridized carbons (Fsp3) is 0.882. The number of carbonyl (C=O) groups is 2. The van der Waals surface area contributed by atoms with Crippen LogP contribution in [0.1, 0.15) is 86.5 Å². The second-order valence-electron chi connectivity index (χ2n) is 7.61. The van der Waals surface area contributed by atoms with Gasteiger partial charge in [0.1, 0.15) is 11.6 Å². The first kappa shape index (κ1) is 18.3. The van der Waals surface area contributed by atoms with Crippen molar-refractivity contribution in [3.8, 4) is 0 Å². The highest BCUT2D eigenvalue weighted by Crippen LogP contribution is 2.20. The molecule has 0 aromatic carbocycles. The molecule has 0 N–H and O–H groups in total. The summed E-state index contributed by atoms with van der Waals surface area (Å²) in [6.07, 6.45) is 6.72. The quantitative estimate of drug-likeness (QED) is 0.584. The predicted molar refractivity (Wildman–Crippen MR) is 81.2 cm³/mol. The minimum Gasteiger partial charge on any atom is -0.299 e. The molecular formula is C17H32O2. The highest BCUT2D eigenvalue weighted by molar-refractivity contribution is 5.83. The van der Waals surface area contributed by atoms with Gasteiger partial charge < -0.3 is 0 Å². The summed E-state index contributed by atoms with van der Waals surface area (Å²) in [6.45, 7) is 11.9. The van der Waals surface area contributed by atoms with Crippen LogP contribution in [0.15, 0.2) is 0 Å². The van der Waals surface area contributed by atoms with E-state index in [4.69, 9.17) is 0 Å². The van der Waals surface area contributed by atoms with Gasteiger partial charge in [0.15, 0.2) is 0 Å². The van der Waals surface area contributed by atoms with Gasteiger partial charge in [-0.25, -0.2) is 0 Å². The van der Waals surface area contributed by atoms with Crippen LogP contribution in [0.4, 0.5) is 0 Å². The molecule has 0 aromatic rings. The van der Waals surface area contributed by atoms with E-state index in [9.17, 15) is 9.59 Å². The molecule has 0 fully saturated rings. The van der Waals surface area contributed by atoms with E-state index in [0.29, 0.717) is 24.4 Å². The van der Waals surface area contributed by atoms with Gasteiger partial charge in [0.2, 0.25) is 0 Å². The molecule has 0 bridgehead atoms. The predicted octanol–water partition coefficient (Wildman–Crippen LogP) is 4.95. The highest BCUT2D eigenvalue weighted by Gasteiger charge is 2.20. The van der Waals surface area contributed by atoms with Crippen LogP contribution in [0.2, 0.25) is 0 Å². The third-order valence-electron chi connectivity index (χ3n) is 3.48. The van der Waals surface area contributed by atoms with Gasteiger partial charge in [0, 0.05) is 23.7 Å². The summed E-state index contributed by atoms with van der Waals surface area (Å²) in [5.74, 6) is 0.714. The second-order valence-corrected chi connectivity index (χ2v) is 7.61. The first-order valence-electron chi connectivity index (χ1n) is 7.62. The SMILES string of the molecule is CC(C)(C)C(=O)CCCCCCCC(=O)C(C)(C)C. The number of hydrogen-bond donors (Lipinski definition) is 0. The van der Waals surface area contributed by atoms with E-state index in [0.717, 1.165) is 32.1 Å². The second kappa shape index (κ2) is 7.81. The number of Topliss-reactive ketones (excluding diaryl/α,β-unsaturated/α-hetero) is 2. The van der Waals surface area contributed by atoms with Crippen molar-refractivity contribution in [1.29, 1.82) is 0 Å². The van der Waals surface area contributed by atoms with Crippen LogP contribution < -0.4 is 0 Å². The Morgan fingerprint density at radius 1 is 0.579 bits per heavy atom. The van der Waals surface area contributed by atoms with E-state index in [1.54, 1.807) is 0 Å². The molecule has 0 saturated carbocycles. The van der Waals surface area contributed by atoms with Crippen molar-refractivity contribution in [1.82, 2.24) is 0 Å². The Balaban J connectivity index is 3.53. The molecule has 0 aliphatic carbocycles. The van der Waals surface area contributed by atoms with Gasteiger partial charge in [0.25, 0.3) is 0 Å². The van der Waals surface area contributed by atoms with Crippen LogP contribution in [0, 0.1) is 10.8 Å². The first-order valence-corrected chi connectivity index (χ1v) is 7.62. The highest BCUT2D eigenvalue weighted by atomic mass is 16.1. The maximum atomic E-state index is 11.7. The Hall–Kier alpha value is -0.660. The van der Waals surface area contributed by atoms with E-state index in [1.165, 1.54) is 0 Å². The van der Waals surface area contributed by atoms with Crippen LogP contribution in [-0.2, 0) is 9.59 Å². The van der Waals surface area contributed by atoms with E-state index in [-0.39, 0.29) is 10.8 Å².